The Kier molecular flexibility index (Phi) is 9.12. The molecule has 0 fully saturated rings. The number of unbranched alkanes of at least 4 members (excludes halogenated alkanes) is 2. The molecule has 0 saturated heterocycles. The molecule has 0 atom stereocenters. The highest BCUT2D eigenvalue weighted by Crippen LogP contribution is 2.20. The van der Waals surface area contributed by atoms with E-state index in [-0.39, 0.29) is 11.9 Å². The van der Waals surface area contributed by atoms with E-state index < -0.39 is 0 Å². The minimum absolute atomic E-state index is 0.142. The predicted octanol–water partition coefficient (Wildman–Crippen LogP) is 5.12. The van der Waals surface area contributed by atoms with E-state index in [9.17, 15) is 9.59 Å². The van der Waals surface area contributed by atoms with E-state index in [1.54, 1.807) is 10.3 Å². The Morgan fingerprint density at radius 3 is 2.62 bits per heavy atom. The monoisotopic (exact) mass is 416 g/mol. The minimum atomic E-state index is -0.152. The van der Waals surface area contributed by atoms with Gasteiger partial charge in [-0.15, -0.1) is 11.3 Å². The standard InChI is InChI=1S/C22H32N4O2S/c1-5-7-12-23-21(27)19-15-29-20(24-19)14-26(13-8-6-2)22(28)25-18-11-9-10-16(3)17(18)4/h9-11,15H,5-8,12-14H2,1-4H3,(H,23,27)(H,25,28). The number of benzene rings is 1. The van der Waals surface area contributed by atoms with Gasteiger partial charge in [0.1, 0.15) is 10.7 Å². The smallest absolute Gasteiger partial charge is 0.322 e. The molecule has 0 aliphatic heterocycles. The zero-order valence-electron chi connectivity index (χ0n) is 17.9. The van der Waals surface area contributed by atoms with Crippen molar-refractivity contribution in [3.63, 3.8) is 0 Å². The highest BCUT2D eigenvalue weighted by atomic mass is 32.1. The van der Waals surface area contributed by atoms with E-state index in [1.807, 2.05) is 32.0 Å². The van der Waals surface area contributed by atoms with Crippen molar-refractivity contribution in [3.05, 3.63) is 45.4 Å². The van der Waals surface area contributed by atoms with Gasteiger partial charge in [-0.05, 0) is 43.9 Å². The zero-order chi connectivity index (χ0) is 21.2. The predicted molar refractivity (Wildman–Crippen MR) is 120 cm³/mol. The quantitative estimate of drug-likeness (QED) is 0.528. The van der Waals surface area contributed by atoms with E-state index in [2.05, 4.69) is 29.5 Å². The summed E-state index contributed by atoms with van der Waals surface area (Å²) < 4.78 is 0. The van der Waals surface area contributed by atoms with E-state index in [4.69, 9.17) is 0 Å². The molecule has 29 heavy (non-hydrogen) atoms. The highest BCUT2D eigenvalue weighted by molar-refractivity contribution is 7.09. The Labute approximate surface area is 177 Å². The molecular weight excluding hydrogens is 384 g/mol. The zero-order valence-corrected chi connectivity index (χ0v) is 18.7. The number of thiazole rings is 1. The van der Waals surface area contributed by atoms with Crippen molar-refractivity contribution in [1.82, 2.24) is 15.2 Å². The summed E-state index contributed by atoms with van der Waals surface area (Å²) in [6.07, 6.45) is 3.89. The topological polar surface area (TPSA) is 74.3 Å². The third-order valence-electron chi connectivity index (χ3n) is 4.84. The largest absolute Gasteiger partial charge is 0.351 e. The van der Waals surface area contributed by atoms with Gasteiger partial charge in [-0.2, -0.15) is 0 Å². The summed E-state index contributed by atoms with van der Waals surface area (Å²) in [5.74, 6) is -0.152. The number of rotatable bonds is 10. The van der Waals surface area contributed by atoms with Crippen LogP contribution in [-0.4, -0.2) is 34.9 Å². The molecule has 1 aromatic carbocycles. The van der Waals surface area contributed by atoms with Crippen molar-refractivity contribution < 1.29 is 9.59 Å². The van der Waals surface area contributed by atoms with Gasteiger partial charge in [0.05, 0.1) is 6.54 Å². The van der Waals surface area contributed by atoms with Crippen molar-refractivity contribution in [2.45, 2.75) is 59.9 Å². The first-order valence-corrected chi connectivity index (χ1v) is 11.2. The number of carbonyl (C=O) groups is 2. The van der Waals surface area contributed by atoms with Gasteiger partial charge in [-0.3, -0.25) is 4.79 Å². The van der Waals surface area contributed by atoms with Crippen molar-refractivity contribution in [3.8, 4) is 0 Å². The van der Waals surface area contributed by atoms with Crippen molar-refractivity contribution in [2.24, 2.45) is 0 Å². The molecule has 2 N–H and O–H groups in total. The van der Waals surface area contributed by atoms with Gasteiger partial charge >= 0.3 is 6.03 Å². The number of hydrogen-bond acceptors (Lipinski definition) is 4. The van der Waals surface area contributed by atoms with E-state index >= 15 is 0 Å². The van der Waals surface area contributed by atoms with Gasteiger partial charge in [0, 0.05) is 24.2 Å². The Bertz CT molecular complexity index is 819. The van der Waals surface area contributed by atoms with Crippen LogP contribution in [0.15, 0.2) is 23.6 Å². The van der Waals surface area contributed by atoms with Crippen molar-refractivity contribution in [1.29, 1.82) is 0 Å². The van der Waals surface area contributed by atoms with Gasteiger partial charge in [0.2, 0.25) is 0 Å². The average molecular weight is 417 g/mol. The third kappa shape index (κ3) is 6.85. The summed E-state index contributed by atoms with van der Waals surface area (Å²) in [6, 6.07) is 5.75. The molecule has 0 aliphatic carbocycles. The summed E-state index contributed by atoms with van der Waals surface area (Å²) in [7, 11) is 0. The molecule has 2 rings (SSSR count). The van der Waals surface area contributed by atoms with Crippen LogP contribution in [0.2, 0.25) is 0 Å². The second-order valence-electron chi connectivity index (χ2n) is 7.19. The maximum Gasteiger partial charge on any atom is 0.322 e. The summed E-state index contributed by atoms with van der Waals surface area (Å²) >= 11 is 1.41. The molecule has 7 heteroatoms. The van der Waals surface area contributed by atoms with Crippen LogP contribution in [-0.2, 0) is 6.54 Å². The Morgan fingerprint density at radius 2 is 1.90 bits per heavy atom. The van der Waals surface area contributed by atoms with Gasteiger partial charge in [-0.25, -0.2) is 9.78 Å². The second-order valence-corrected chi connectivity index (χ2v) is 8.13. The molecule has 0 radical (unpaired) electrons. The summed E-state index contributed by atoms with van der Waals surface area (Å²) in [5, 5.41) is 8.43. The van der Waals surface area contributed by atoms with Gasteiger partial charge in [-0.1, -0.05) is 38.8 Å². The molecule has 1 heterocycles. The lowest BCUT2D eigenvalue weighted by Gasteiger charge is -2.23. The van der Waals surface area contributed by atoms with Crippen molar-refractivity contribution in [2.75, 3.05) is 18.4 Å². The number of hydrogen-bond donors (Lipinski definition) is 2. The molecule has 1 aromatic heterocycles. The third-order valence-corrected chi connectivity index (χ3v) is 5.67. The molecule has 0 unspecified atom stereocenters. The normalized spacial score (nSPS) is 10.6. The molecule has 0 aliphatic rings. The fourth-order valence-corrected chi connectivity index (χ4v) is 3.59. The van der Waals surface area contributed by atoms with Crippen LogP contribution in [0.3, 0.4) is 0 Å². The first kappa shape index (κ1) is 22.9. The summed E-state index contributed by atoms with van der Waals surface area (Å²) in [6.45, 7) is 9.91. The van der Waals surface area contributed by atoms with E-state index in [0.29, 0.717) is 25.3 Å². The number of anilines is 1. The fourth-order valence-electron chi connectivity index (χ4n) is 2.80. The van der Waals surface area contributed by atoms with Crippen LogP contribution in [0.25, 0.3) is 0 Å². The molecular formula is C22H32N4O2S. The van der Waals surface area contributed by atoms with Gasteiger partial charge in [0.25, 0.3) is 5.91 Å². The van der Waals surface area contributed by atoms with Crippen LogP contribution >= 0.6 is 11.3 Å². The lowest BCUT2D eigenvalue weighted by atomic mass is 10.1. The lowest BCUT2D eigenvalue weighted by Crippen LogP contribution is -2.35. The molecule has 0 saturated carbocycles. The van der Waals surface area contributed by atoms with Crippen LogP contribution in [0, 0.1) is 13.8 Å². The van der Waals surface area contributed by atoms with Gasteiger partial charge < -0.3 is 15.5 Å². The molecule has 3 amide bonds. The summed E-state index contributed by atoms with van der Waals surface area (Å²) in [5.41, 5.74) is 3.45. The van der Waals surface area contributed by atoms with E-state index in [1.165, 1.54) is 11.3 Å². The number of aryl methyl sites for hydroxylation is 1. The maximum atomic E-state index is 12.9. The van der Waals surface area contributed by atoms with Crippen molar-refractivity contribution >= 4 is 29.0 Å². The Hall–Kier alpha value is -2.41. The number of nitrogens with zero attached hydrogens (tertiary/aromatic N) is 2. The number of nitrogens with one attached hydrogen (secondary N) is 2. The molecule has 158 valence electrons. The molecule has 0 bridgehead atoms. The molecule has 6 nitrogen and oxygen atoms in total. The van der Waals surface area contributed by atoms with E-state index in [0.717, 1.165) is 47.5 Å². The second kappa shape index (κ2) is 11.6. The number of urea groups is 1. The lowest BCUT2D eigenvalue weighted by molar-refractivity contribution is 0.0948. The Morgan fingerprint density at radius 1 is 1.14 bits per heavy atom. The van der Waals surface area contributed by atoms with Gasteiger partial charge in [0.15, 0.2) is 0 Å². The molecule has 2 aromatic rings. The number of amides is 3. The minimum Gasteiger partial charge on any atom is -0.351 e. The molecule has 0 spiro atoms. The first-order chi connectivity index (χ1) is 14.0. The number of carbonyl (C=O) groups excluding carboxylic acids is 2. The Balaban J connectivity index is 2.05. The highest BCUT2D eigenvalue weighted by Gasteiger charge is 2.18. The van der Waals surface area contributed by atoms with Crippen LogP contribution in [0.5, 0.6) is 0 Å². The SMILES string of the molecule is CCCCNC(=O)c1csc(CN(CCCC)C(=O)Nc2cccc(C)c2C)n1. The van der Waals surface area contributed by atoms with Crippen LogP contribution in [0.1, 0.15) is 66.2 Å². The number of aromatic nitrogens is 1. The fraction of sp³-hybridized carbons (Fsp3) is 0.500. The van der Waals surface area contributed by atoms with Crippen LogP contribution < -0.4 is 10.6 Å². The maximum absolute atomic E-state index is 12.9. The average Bonchev–Trinajstić information content (AvgIpc) is 3.17. The first-order valence-electron chi connectivity index (χ1n) is 10.3. The summed E-state index contributed by atoms with van der Waals surface area (Å²) in [4.78, 5) is 31.3. The van der Waals surface area contributed by atoms with Crippen LogP contribution in [0.4, 0.5) is 10.5 Å².